The summed E-state index contributed by atoms with van der Waals surface area (Å²) in [6.07, 6.45) is 1.57. The lowest BCUT2D eigenvalue weighted by molar-refractivity contribution is 0.0766. The average Bonchev–Trinajstić information content (AvgIpc) is 3.43. The van der Waals surface area contributed by atoms with E-state index in [0.29, 0.717) is 36.7 Å². The fourth-order valence-corrected chi connectivity index (χ4v) is 5.11. The zero-order valence-electron chi connectivity index (χ0n) is 21.4. The molecule has 0 aliphatic carbocycles. The fraction of sp³-hybridized carbons (Fsp3) is 0.357. The molecule has 9 heteroatoms. The molecule has 6 rings (SSSR count). The molecule has 0 spiro atoms. The first kappa shape index (κ1) is 23.3. The van der Waals surface area contributed by atoms with Crippen molar-refractivity contribution in [3.8, 4) is 17.2 Å². The molecular weight excluding hydrogens is 468 g/mol. The Morgan fingerprint density at radius 2 is 1.81 bits per heavy atom. The maximum Gasteiger partial charge on any atom is 0.254 e. The largest absolute Gasteiger partial charge is 0.454 e. The van der Waals surface area contributed by atoms with Crippen molar-refractivity contribution in [2.45, 2.75) is 33.6 Å². The Labute approximate surface area is 215 Å². The van der Waals surface area contributed by atoms with Crippen LogP contribution < -0.4 is 14.4 Å². The van der Waals surface area contributed by atoms with Crippen molar-refractivity contribution in [2.75, 3.05) is 37.9 Å². The maximum absolute atomic E-state index is 13.3. The molecule has 190 valence electrons. The normalized spacial score (nSPS) is 15.3. The number of anilines is 1. The van der Waals surface area contributed by atoms with E-state index in [-0.39, 0.29) is 12.7 Å². The number of aromatic nitrogens is 4. The Morgan fingerprint density at radius 1 is 0.973 bits per heavy atom. The number of benzene rings is 2. The molecule has 37 heavy (non-hydrogen) atoms. The van der Waals surface area contributed by atoms with Gasteiger partial charge in [0.15, 0.2) is 17.1 Å². The Morgan fingerprint density at radius 3 is 2.65 bits per heavy atom. The summed E-state index contributed by atoms with van der Waals surface area (Å²) in [4.78, 5) is 27.4. The van der Waals surface area contributed by atoms with Gasteiger partial charge < -0.3 is 19.3 Å². The number of hydrogen-bond acceptors (Lipinski definition) is 7. The van der Waals surface area contributed by atoms with Crippen molar-refractivity contribution in [1.82, 2.24) is 24.6 Å². The van der Waals surface area contributed by atoms with Crippen LogP contribution in [0.3, 0.4) is 0 Å². The van der Waals surface area contributed by atoms with E-state index >= 15 is 0 Å². The predicted molar refractivity (Wildman–Crippen MR) is 141 cm³/mol. The summed E-state index contributed by atoms with van der Waals surface area (Å²) in [6.45, 7) is 9.13. The second-order valence-electron chi connectivity index (χ2n) is 9.50. The number of carbonyl (C=O) groups is 1. The van der Waals surface area contributed by atoms with Gasteiger partial charge in [-0.15, -0.1) is 0 Å². The maximum atomic E-state index is 13.3. The lowest BCUT2D eigenvalue weighted by atomic mass is 10.1. The molecule has 0 atom stereocenters. The van der Waals surface area contributed by atoms with Gasteiger partial charge in [0.2, 0.25) is 6.79 Å². The van der Waals surface area contributed by atoms with Crippen LogP contribution in [-0.2, 0) is 6.42 Å². The minimum absolute atomic E-state index is 0.00536. The predicted octanol–water partition coefficient (Wildman–Crippen LogP) is 4.08. The summed E-state index contributed by atoms with van der Waals surface area (Å²) < 4.78 is 12.8. The van der Waals surface area contributed by atoms with Crippen molar-refractivity contribution in [2.24, 2.45) is 0 Å². The van der Waals surface area contributed by atoms with Crippen molar-refractivity contribution >= 4 is 22.8 Å². The van der Waals surface area contributed by atoms with Crippen LogP contribution in [-0.4, -0.2) is 63.5 Å². The summed E-state index contributed by atoms with van der Waals surface area (Å²) >= 11 is 0. The van der Waals surface area contributed by atoms with Gasteiger partial charge in [0, 0.05) is 38.2 Å². The summed E-state index contributed by atoms with van der Waals surface area (Å²) in [5.41, 5.74) is 4.49. The van der Waals surface area contributed by atoms with Crippen LogP contribution in [0.4, 0.5) is 5.82 Å². The van der Waals surface area contributed by atoms with E-state index < -0.39 is 0 Å². The van der Waals surface area contributed by atoms with E-state index in [1.807, 2.05) is 34.7 Å². The standard InChI is InChI=1S/C28H30N6O3/c1-4-24-29-26(25-19(3)31-34(27(25)30-24)21-9-6-5-8-18(21)2)32-12-7-13-33(15-14-32)28(35)20-10-11-22-23(16-20)37-17-36-22/h5-6,8-11,16H,4,7,12-15,17H2,1-3H3. The lowest BCUT2D eigenvalue weighted by Gasteiger charge is -2.24. The van der Waals surface area contributed by atoms with E-state index in [9.17, 15) is 4.79 Å². The molecule has 0 bridgehead atoms. The van der Waals surface area contributed by atoms with Crippen molar-refractivity contribution in [3.63, 3.8) is 0 Å². The first-order valence-electron chi connectivity index (χ1n) is 12.8. The first-order chi connectivity index (χ1) is 18.0. The highest BCUT2D eigenvalue weighted by atomic mass is 16.7. The zero-order valence-corrected chi connectivity index (χ0v) is 21.4. The van der Waals surface area contributed by atoms with Crippen LogP contribution >= 0.6 is 0 Å². The summed E-state index contributed by atoms with van der Waals surface area (Å²) in [7, 11) is 0. The van der Waals surface area contributed by atoms with Gasteiger partial charge in [-0.05, 0) is 50.1 Å². The number of nitrogens with zero attached hydrogens (tertiary/aromatic N) is 6. The molecule has 2 aromatic heterocycles. The Balaban J connectivity index is 1.31. The monoisotopic (exact) mass is 498 g/mol. The molecule has 2 aliphatic heterocycles. The molecule has 1 saturated heterocycles. The van der Waals surface area contributed by atoms with Gasteiger partial charge in [0.05, 0.1) is 16.8 Å². The molecule has 0 radical (unpaired) electrons. The molecule has 0 saturated carbocycles. The zero-order chi connectivity index (χ0) is 25.5. The second kappa shape index (κ2) is 9.38. The van der Waals surface area contributed by atoms with Gasteiger partial charge in [-0.3, -0.25) is 4.79 Å². The third-order valence-corrected chi connectivity index (χ3v) is 7.09. The minimum Gasteiger partial charge on any atom is -0.454 e. The van der Waals surface area contributed by atoms with E-state index in [0.717, 1.165) is 59.0 Å². The molecule has 2 aliphatic rings. The molecule has 2 aromatic carbocycles. The van der Waals surface area contributed by atoms with Crippen LogP contribution in [0.2, 0.25) is 0 Å². The van der Waals surface area contributed by atoms with Crippen LogP contribution in [0.25, 0.3) is 16.7 Å². The topological polar surface area (TPSA) is 85.6 Å². The highest BCUT2D eigenvalue weighted by molar-refractivity contribution is 5.95. The van der Waals surface area contributed by atoms with Crippen LogP contribution in [0, 0.1) is 13.8 Å². The molecule has 9 nitrogen and oxygen atoms in total. The van der Waals surface area contributed by atoms with E-state index in [2.05, 4.69) is 30.9 Å². The molecule has 4 heterocycles. The fourth-order valence-electron chi connectivity index (χ4n) is 5.11. The molecular formula is C28H30N6O3. The molecule has 0 N–H and O–H groups in total. The second-order valence-corrected chi connectivity index (χ2v) is 9.50. The number of hydrogen-bond donors (Lipinski definition) is 0. The summed E-state index contributed by atoms with van der Waals surface area (Å²) in [6, 6.07) is 13.6. The highest BCUT2D eigenvalue weighted by Crippen LogP contribution is 2.33. The number of amides is 1. The molecule has 0 unspecified atom stereocenters. The van der Waals surface area contributed by atoms with Crippen LogP contribution in [0.5, 0.6) is 11.5 Å². The van der Waals surface area contributed by atoms with Crippen molar-refractivity contribution in [1.29, 1.82) is 0 Å². The quantitative estimate of drug-likeness (QED) is 0.419. The molecule has 1 fully saturated rings. The minimum atomic E-state index is 0.00536. The number of aryl methyl sites for hydroxylation is 3. The smallest absolute Gasteiger partial charge is 0.254 e. The van der Waals surface area contributed by atoms with Crippen molar-refractivity contribution < 1.29 is 14.3 Å². The highest BCUT2D eigenvalue weighted by Gasteiger charge is 2.26. The Kier molecular flexibility index (Phi) is 5.90. The van der Waals surface area contributed by atoms with E-state index in [1.54, 1.807) is 12.1 Å². The molecule has 1 amide bonds. The number of rotatable bonds is 4. The summed E-state index contributed by atoms with van der Waals surface area (Å²) in [5.74, 6) is 3.00. The van der Waals surface area contributed by atoms with Crippen LogP contribution in [0.15, 0.2) is 42.5 Å². The third-order valence-electron chi connectivity index (χ3n) is 7.09. The van der Waals surface area contributed by atoms with E-state index in [4.69, 9.17) is 24.5 Å². The lowest BCUT2D eigenvalue weighted by Crippen LogP contribution is -2.35. The SMILES string of the molecule is CCc1nc(N2CCCN(C(=O)c3ccc4c(c3)OCO4)CC2)c2c(C)nn(-c3ccccc3C)c2n1. The van der Waals surface area contributed by atoms with Gasteiger partial charge in [-0.2, -0.15) is 5.10 Å². The number of para-hydroxylation sites is 1. The summed E-state index contributed by atoms with van der Waals surface area (Å²) in [5, 5.41) is 5.86. The van der Waals surface area contributed by atoms with Gasteiger partial charge >= 0.3 is 0 Å². The number of carbonyl (C=O) groups excluding carboxylic acids is 1. The number of ether oxygens (including phenoxy) is 2. The van der Waals surface area contributed by atoms with Gasteiger partial charge in [-0.1, -0.05) is 25.1 Å². The number of fused-ring (bicyclic) bond motifs is 2. The first-order valence-corrected chi connectivity index (χ1v) is 12.8. The Hall–Kier alpha value is -4.14. The third kappa shape index (κ3) is 4.14. The molecule has 4 aromatic rings. The van der Waals surface area contributed by atoms with Gasteiger partial charge in [-0.25, -0.2) is 14.6 Å². The Bertz CT molecular complexity index is 1500. The van der Waals surface area contributed by atoms with Crippen molar-refractivity contribution in [3.05, 3.63) is 65.1 Å². The van der Waals surface area contributed by atoms with E-state index in [1.165, 1.54) is 0 Å². The van der Waals surface area contributed by atoms with Gasteiger partial charge in [0.25, 0.3) is 5.91 Å². The van der Waals surface area contributed by atoms with Crippen LogP contribution in [0.1, 0.15) is 40.8 Å². The van der Waals surface area contributed by atoms with Gasteiger partial charge in [0.1, 0.15) is 11.6 Å². The average molecular weight is 499 g/mol.